The molecule has 2 aromatic carbocycles. The number of carbonyl (C=O) groups excluding carboxylic acids is 2. The van der Waals surface area contributed by atoms with Crippen molar-refractivity contribution in [3.05, 3.63) is 89.7 Å². The van der Waals surface area contributed by atoms with E-state index in [2.05, 4.69) is 20.9 Å². The molecule has 3 amide bonds. The summed E-state index contributed by atoms with van der Waals surface area (Å²) in [6, 6.07) is 20.0. The Bertz CT molecular complexity index is 954. The van der Waals surface area contributed by atoms with Gasteiger partial charge in [-0.2, -0.15) is 0 Å². The quantitative estimate of drug-likeness (QED) is 0.583. The molecule has 6 nitrogen and oxygen atoms in total. The fraction of sp³-hybridized carbons (Fsp3) is 0.174. The van der Waals surface area contributed by atoms with Crippen molar-refractivity contribution in [2.24, 2.45) is 0 Å². The van der Waals surface area contributed by atoms with Crippen LogP contribution in [0.5, 0.6) is 0 Å². The maximum atomic E-state index is 12.3. The number of rotatable bonds is 6. The number of aromatic nitrogens is 1. The van der Waals surface area contributed by atoms with Gasteiger partial charge < -0.3 is 16.0 Å². The van der Waals surface area contributed by atoms with E-state index in [1.165, 1.54) is 0 Å². The first-order valence-corrected chi connectivity index (χ1v) is 9.43. The highest BCUT2D eigenvalue weighted by atomic mass is 16.2. The molecule has 148 valence electrons. The average Bonchev–Trinajstić information content (AvgIpc) is 2.71. The van der Waals surface area contributed by atoms with Crippen molar-refractivity contribution in [2.75, 3.05) is 10.6 Å². The molecule has 0 bridgehead atoms. The van der Waals surface area contributed by atoms with Gasteiger partial charge in [0.2, 0.25) is 5.91 Å². The second-order valence-corrected chi connectivity index (χ2v) is 6.84. The fourth-order valence-corrected chi connectivity index (χ4v) is 2.83. The minimum atomic E-state index is -0.308. The van der Waals surface area contributed by atoms with E-state index in [9.17, 15) is 9.59 Å². The number of aryl methyl sites for hydroxylation is 1. The second kappa shape index (κ2) is 9.50. The van der Waals surface area contributed by atoms with E-state index in [-0.39, 0.29) is 24.4 Å². The van der Waals surface area contributed by atoms with E-state index in [1.807, 2.05) is 80.6 Å². The highest BCUT2D eigenvalue weighted by molar-refractivity contribution is 5.99. The predicted molar refractivity (Wildman–Crippen MR) is 115 cm³/mol. The van der Waals surface area contributed by atoms with Crippen molar-refractivity contribution < 1.29 is 9.59 Å². The van der Waals surface area contributed by atoms with E-state index in [4.69, 9.17) is 0 Å². The normalized spacial score (nSPS) is 11.4. The van der Waals surface area contributed by atoms with Gasteiger partial charge in [-0.05, 0) is 55.3 Å². The summed E-state index contributed by atoms with van der Waals surface area (Å²) < 4.78 is 0. The summed E-state index contributed by atoms with van der Waals surface area (Å²) >= 11 is 0. The molecule has 1 atom stereocenters. The SMILES string of the molecule is Cc1ccc(CC(=O)NC(C)c2ccc(NC(=O)Nc3ccccc3)cc2)cn1. The zero-order chi connectivity index (χ0) is 20.6. The summed E-state index contributed by atoms with van der Waals surface area (Å²) in [6.45, 7) is 3.84. The molecule has 0 aliphatic carbocycles. The van der Waals surface area contributed by atoms with Crippen LogP contribution in [0.15, 0.2) is 72.9 Å². The largest absolute Gasteiger partial charge is 0.349 e. The molecule has 1 heterocycles. The molecule has 6 heteroatoms. The van der Waals surface area contributed by atoms with Gasteiger partial charge in [-0.25, -0.2) is 4.79 Å². The van der Waals surface area contributed by atoms with Crippen LogP contribution in [0.3, 0.4) is 0 Å². The molecule has 0 saturated heterocycles. The van der Waals surface area contributed by atoms with Crippen molar-refractivity contribution in [1.29, 1.82) is 0 Å². The van der Waals surface area contributed by atoms with Crippen LogP contribution >= 0.6 is 0 Å². The first-order valence-electron chi connectivity index (χ1n) is 9.43. The molecule has 0 spiro atoms. The fourth-order valence-electron chi connectivity index (χ4n) is 2.83. The number of hydrogen-bond acceptors (Lipinski definition) is 3. The standard InChI is InChI=1S/C23H24N4O2/c1-16-8-9-18(15-24-16)14-22(28)25-17(2)19-10-12-21(13-11-19)27-23(29)26-20-6-4-3-5-7-20/h3-13,15,17H,14H2,1-2H3,(H,25,28)(H2,26,27,29). The smallest absolute Gasteiger partial charge is 0.323 e. The Hall–Kier alpha value is -3.67. The van der Waals surface area contributed by atoms with Gasteiger partial charge in [-0.15, -0.1) is 0 Å². The predicted octanol–water partition coefficient (Wildman–Crippen LogP) is 4.45. The Morgan fingerprint density at radius 2 is 1.55 bits per heavy atom. The Morgan fingerprint density at radius 1 is 0.897 bits per heavy atom. The van der Waals surface area contributed by atoms with Gasteiger partial charge in [0.25, 0.3) is 0 Å². The highest BCUT2D eigenvalue weighted by Crippen LogP contribution is 2.17. The van der Waals surface area contributed by atoms with Crippen LogP contribution in [0, 0.1) is 6.92 Å². The van der Waals surface area contributed by atoms with Gasteiger partial charge >= 0.3 is 6.03 Å². The second-order valence-electron chi connectivity index (χ2n) is 6.84. The Morgan fingerprint density at radius 3 is 2.17 bits per heavy atom. The Labute approximate surface area is 170 Å². The van der Waals surface area contributed by atoms with Gasteiger partial charge in [-0.3, -0.25) is 9.78 Å². The summed E-state index contributed by atoms with van der Waals surface area (Å²) in [6.07, 6.45) is 2.01. The summed E-state index contributed by atoms with van der Waals surface area (Å²) in [4.78, 5) is 28.5. The van der Waals surface area contributed by atoms with E-state index in [1.54, 1.807) is 6.20 Å². The van der Waals surface area contributed by atoms with Gasteiger partial charge in [0, 0.05) is 23.3 Å². The molecule has 0 radical (unpaired) electrons. The van der Waals surface area contributed by atoms with Crippen LogP contribution in [0.25, 0.3) is 0 Å². The minimum absolute atomic E-state index is 0.0624. The molecule has 0 aliphatic rings. The zero-order valence-electron chi connectivity index (χ0n) is 16.5. The van der Waals surface area contributed by atoms with Gasteiger partial charge in [0.05, 0.1) is 12.5 Å². The topological polar surface area (TPSA) is 83.1 Å². The summed E-state index contributed by atoms with van der Waals surface area (Å²) in [5, 5.41) is 8.54. The van der Waals surface area contributed by atoms with Crippen molar-refractivity contribution in [3.63, 3.8) is 0 Å². The number of carbonyl (C=O) groups is 2. The molecule has 29 heavy (non-hydrogen) atoms. The van der Waals surface area contributed by atoms with E-state index in [0.717, 1.165) is 22.5 Å². The number of amides is 3. The summed E-state index contributed by atoms with van der Waals surface area (Å²) in [5.74, 6) is -0.0624. The molecule has 0 saturated carbocycles. The number of urea groups is 1. The third-order valence-electron chi connectivity index (χ3n) is 4.42. The molecule has 1 aromatic heterocycles. The van der Waals surface area contributed by atoms with Crippen molar-refractivity contribution >= 4 is 23.3 Å². The summed E-state index contributed by atoms with van der Waals surface area (Å²) in [5.41, 5.74) is 4.15. The van der Waals surface area contributed by atoms with Crippen molar-refractivity contribution in [1.82, 2.24) is 10.3 Å². The van der Waals surface area contributed by atoms with Gasteiger partial charge in [0.1, 0.15) is 0 Å². The van der Waals surface area contributed by atoms with Crippen molar-refractivity contribution in [3.8, 4) is 0 Å². The maximum absolute atomic E-state index is 12.3. The van der Waals surface area contributed by atoms with E-state index < -0.39 is 0 Å². The molecule has 1 unspecified atom stereocenters. The number of hydrogen-bond donors (Lipinski definition) is 3. The van der Waals surface area contributed by atoms with Crippen LogP contribution in [-0.4, -0.2) is 16.9 Å². The van der Waals surface area contributed by atoms with Crippen LogP contribution in [0.2, 0.25) is 0 Å². The lowest BCUT2D eigenvalue weighted by Gasteiger charge is -2.15. The molecule has 3 N–H and O–H groups in total. The van der Waals surface area contributed by atoms with Crippen LogP contribution in [0.4, 0.5) is 16.2 Å². The number of nitrogens with zero attached hydrogens (tertiary/aromatic N) is 1. The van der Waals surface area contributed by atoms with Crippen LogP contribution in [-0.2, 0) is 11.2 Å². The monoisotopic (exact) mass is 388 g/mol. The van der Waals surface area contributed by atoms with Gasteiger partial charge in [-0.1, -0.05) is 36.4 Å². The summed E-state index contributed by atoms with van der Waals surface area (Å²) in [7, 11) is 0. The molecule has 3 rings (SSSR count). The van der Waals surface area contributed by atoms with Crippen LogP contribution in [0.1, 0.15) is 29.8 Å². The third kappa shape index (κ3) is 6.17. The van der Waals surface area contributed by atoms with Gasteiger partial charge in [0.15, 0.2) is 0 Å². The molecular weight excluding hydrogens is 364 g/mol. The third-order valence-corrected chi connectivity index (χ3v) is 4.42. The lowest BCUT2D eigenvalue weighted by molar-refractivity contribution is -0.121. The lowest BCUT2D eigenvalue weighted by atomic mass is 10.1. The van der Waals surface area contributed by atoms with Crippen molar-refractivity contribution in [2.45, 2.75) is 26.3 Å². The minimum Gasteiger partial charge on any atom is -0.349 e. The average molecular weight is 388 g/mol. The zero-order valence-corrected chi connectivity index (χ0v) is 16.5. The maximum Gasteiger partial charge on any atom is 0.323 e. The Kier molecular flexibility index (Phi) is 6.58. The first kappa shape index (κ1) is 20.1. The number of benzene rings is 2. The highest BCUT2D eigenvalue weighted by Gasteiger charge is 2.11. The number of pyridine rings is 1. The number of para-hydroxylation sites is 1. The van der Waals surface area contributed by atoms with Crippen LogP contribution < -0.4 is 16.0 Å². The molecule has 3 aromatic rings. The Balaban J connectivity index is 1.51. The molecule has 0 aliphatic heterocycles. The first-order chi connectivity index (χ1) is 14.0. The van der Waals surface area contributed by atoms with E-state index >= 15 is 0 Å². The molecular formula is C23H24N4O2. The number of anilines is 2. The molecule has 0 fully saturated rings. The lowest BCUT2D eigenvalue weighted by Crippen LogP contribution is -2.28. The van der Waals surface area contributed by atoms with E-state index in [0.29, 0.717) is 5.69 Å². The number of nitrogens with one attached hydrogen (secondary N) is 3.